The summed E-state index contributed by atoms with van der Waals surface area (Å²) >= 11 is 5.17. The second kappa shape index (κ2) is 7.34. The Morgan fingerprint density at radius 1 is 1.04 bits per heavy atom. The van der Waals surface area contributed by atoms with Crippen LogP contribution in [0.25, 0.3) is 6.08 Å². The molecule has 2 fully saturated rings. The van der Waals surface area contributed by atoms with Gasteiger partial charge in [0.15, 0.2) is 11.0 Å². The zero-order valence-electron chi connectivity index (χ0n) is 14.4. The van der Waals surface area contributed by atoms with E-state index in [0.29, 0.717) is 30.5 Å². The van der Waals surface area contributed by atoms with Gasteiger partial charge in [0.1, 0.15) is 11.3 Å². The number of hydrogen-bond acceptors (Lipinski definition) is 6. The summed E-state index contributed by atoms with van der Waals surface area (Å²) in [6, 6.07) is 12.5. The number of anilines is 2. The summed E-state index contributed by atoms with van der Waals surface area (Å²) in [6.07, 6.45) is 1.44. The predicted molar refractivity (Wildman–Crippen MR) is 104 cm³/mol. The number of amides is 2. The molecule has 2 saturated heterocycles. The lowest BCUT2D eigenvalue weighted by Crippen LogP contribution is -2.54. The number of thiocarbonyl (C=S) groups is 1. The van der Waals surface area contributed by atoms with Gasteiger partial charge in [-0.1, -0.05) is 18.2 Å². The van der Waals surface area contributed by atoms with Gasteiger partial charge < -0.3 is 14.1 Å². The number of morpholine rings is 1. The molecular weight excluding hydrogens is 366 g/mol. The van der Waals surface area contributed by atoms with E-state index in [1.54, 1.807) is 30.3 Å². The Hall–Kier alpha value is -2.97. The highest BCUT2D eigenvalue weighted by Gasteiger charge is 2.34. The molecule has 0 unspecified atom stereocenters. The van der Waals surface area contributed by atoms with E-state index in [2.05, 4.69) is 10.2 Å². The topological polar surface area (TPSA) is 75.0 Å². The number of carbonyl (C=O) groups excluding carboxylic acids is 2. The molecule has 3 heterocycles. The van der Waals surface area contributed by atoms with Gasteiger partial charge in [-0.3, -0.25) is 19.8 Å². The zero-order valence-corrected chi connectivity index (χ0v) is 15.2. The maximum absolute atomic E-state index is 12.9. The van der Waals surface area contributed by atoms with Gasteiger partial charge in [-0.2, -0.15) is 0 Å². The third-order valence-corrected chi connectivity index (χ3v) is 4.62. The van der Waals surface area contributed by atoms with Crippen molar-refractivity contribution in [1.29, 1.82) is 0 Å². The van der Waals surface area contributed by atoms with Crippen molar-refractivity contribution >= 4 is 46.8 Å². The fourth-order valence-electron chi connectivity index (χ4n) is 2.98. The van der Waals surface area contributed by atoms with E-state index < -0.39 is 11.8 Å². The van der Waals surface area contributed by atoms with Crippen molar-refractivity contribution in [2.75, 3.05) is 36.1 Å². The molecule has 0 radical (unpaired) electrons. The molecule has 1 aromatic heterocycles. The van der Waals surface area contributed by atoms with Crippen molar-refractivity contribution in [3.63, 3.8) is 0 Å². The van der Waals surface area contributed by atoms with Crippen LogP contribution in [-0.4, -0.2) is 43.2 Å². The smallest absolute Gasteiger partial charge is 0.270 e. The number of hydrogen-bond donors (Lipinski definition) is 1. The summed E-state index contributed by atoms with van der Waals surface area (Å²) in [5.41, 5.74) is 0.558. The van der Waals surface area contributed by atoms with Gasteiger partial charge in [-0.25, -0.2) is 0 Å². The number of rotatable bonds is 3. The van der Waals surface area contributed by atoms with Gasteiger partial charge in [0.05, 0.1) is 18.9 Å². The molecule has 1 N–H and O–H groups in total. The minimum absolute atomic E-state index is 0.0321. The summed E-state index contributed by atoms with van der Waals surface area (Å²) in [4.78, 5) is 28.6. The highest BCUT2D eigenvalue weighted by molar-refractivity contribution is 7.80. The Morgan fingerprint density at radius 2 is 1.78 bits per heavy atom. The summed E-state index contributed by atoms with van der Waals surface area (Å²) in [5, 5.41) is 2.62. The van der Waals surface area contributed by atoms with Crippen molar-refractivity contribution in [3.8, 4) is 0 Å². The van der Waals surface area contributed by atoms with Gasteiger partial charge in [-0.05, 0) is 36.5 Å². The third kappa shape index (κ3) is 3.49. The number of furan rings is 1. The van der Waals surface area contributed by atoms with E-state index in [-0.39, 0.29) is 10.7 Å². The molecule has 8 heteroatoms. The molecule has 138 valence electrons. The monoisotopic (exact) mass is 383 g/mol. The van der Waals surface area contributed by atoms with Crippen LogP contribution in [0.5, 0.6) is 0 Å². The molecule has 0 saturated carbocycles. The molecule has 2 aromatic rings. The van der Waals surface area contributed by atoms with E-state index in [1.807, 2.05) is 12.1 Å². The minimum Gasteiger partial charge on any atom is -0.441 e. The molecule has 0 bridgehead atoms. The highest BCUT2D eigenvalue weighted by Crippen LogP contribution is 2.24. The molecule has 2 aliphatic rings. The van der Waals surface area contributed by atoms with E-state index in [0.717, 1.165) is 13.1 Å². The SMILES string of the molecule is O=C1NC(=S)N(c2ccccc2)C(=O)/C1=C/c1ccc(N2CCOCC2)o1. The number of ether oxygens (including phenoxy) is 1. The van der Waals surface area contributed by atoms with Crippen LogP contribution in [0.4, 0.5) is 11.6 Å². The molecule has 0 atom stereocenters. The first-order valence-corrected chi connectivity index (χ1v) is 8.93. The lowest BCUT2D eigenvalue weighted by molar-refractivity contribution is -0.122. The van der Waals surface area contributed by atoms with Crippen LogP contribution in [0.3, 0.4) is 0 Å². The minimum atomic E-state index is -0.540. The van der Waals surface area contributed by atoms with Crippen molar-refractivity contribution in [2.45, 2.75) is 0 Å². The van der Waals surface area contributed by atoms with Crippen molar-refractivity contribution in [3.05, 3.63) is 53.8 Å². The maximum Gasteiger partial charge on any atom is 0.270 e. The van der Waals surface area contributed by atoms with Crippen LogP contribution in [-0.2, 0) is 14.3 Å². The third-order valence-electron chi connectivity index (χ3n) is 4.34. The normalized spacial score (nSPS) is 19.6. The highest BCUT2D eigenvalue weighted by atomic mass is 32.1. The number of benzene rings is 1. The largest absolute Gasteiger partial charge is 0.441 e. The Bertz CT molecular complexity index is 916. The molecule has 27 heavy (non-hydrogen) atoms. The van der Waals surface area contributed by atoms with Crippen LogP contribution in [0.15, 0.2) is 52.5 Å². The summed E-state index contributed by atoms with van der Waals surface area (Å²) in [5.74, 6) is 0.0841. The summed E-state index contributed by atoms with van der Waals surface area (Å²) < 4.78 is 11.1. The average molecular weight is 383 g/mol. The number of nitrogens with one attached hydrogen (secondary N) is 1. The van der Waals surface area contributed by atoms with Crippen LogP contribution in [0.1, 0.15) is 5.76 Å². The van der Waals surface area contributed by atoms with Gasteiger partial charge in [0.25, 0.3) is 11.8 Å². The second-order valence-corrected chi connectivity index (χ2v) is 6.46. The Morgan fingerprint density at radius 3 is 2.52 bits per heavy atom. The van der Waals surface area contributed by atoms with E-state index in [1.165, 1.54) is 11.0 Å². The lowest BCUT2D eigenvalue weighted by Gasteiger charge is -2.28. The van der Waals surface area contributed by atoms with Crippen molar-refractivity contribution in [2.24, 2.45) is 0 Å². The molecule has 0 aliphatic carbocycles. The molecular formula is C19H17N3O4S. The molecule has 2 amide bonds. The predicted octanol–water partition coefficient (Wildman–Crippen LogP) is 1.95. The molecule has 7 nitrogen and oxygen atoms in total. The standard InChI is InChI=1S/C19H17N3O4S/c23-17-15(12-14-6-7-16(26-14)21-8-10-25-11-9-21)18(24)22(19(27)20-17)13-4-2-1-3-5-13/h1-7,12H,8-11H2,(H,20,23,27)/b15-12+. The van der Waals surface area contributed by atoms with Crippen LogP contribution in [0.2, 0.25) is 0 Å². The van der Waals surface area contributed by atoms with Gasteiger partial charge in [-0.15, -0.1) is 0 Å². The van der Waals surface area contributed by atoms with Gasteiger partial charge in [0.2, 0.25) is 0 Å². The van der Waals surface area contributed by atoms with Crippen molar-refractivity contribution in [1.82, 2.24) is 5.32 Å². The van der Waals surface area contributed by atoms with Gasteiger partial charge in [0, 0.05) is 19.2 Å². The molecule has 4 rings (SSSR count). The Labute approximate surface area is 161 Å². The van der Waals surface area contributed by atoms with Crippen LogP contribution in [0, 0.1) is 0 Å². The van der Waals surface area contributed by atoms with E-state index in [4.69, 9.17) is 21.4 Å². The van der Waals surface area contributed by atoms with Crippen LogP contribution < -0.4 is 15.1 Å². The number of para-hydroxylation sites is 1. The Kier molecular flexibility index (Phi) is 4.74. The zero-order chi connectivity index (χ0) is 18.8. The molecule has 1 aromatic carbocycles. The average Bonchev–Trinajstić information content (AvgIpc) is 3.15. The quantitative estimate of drug-likeness (QED) is 0.496. The lowest BCUT2D eigenvalue weighted by atomic mass is 10.1. The summed E-state index contributed by atoms with van der Waals surface area (Å²) in [7, 11) is 0. The molecule has 2 aliphatic heterocycles. The van der Waals surface area contributed by atoms with Crippen molar-refractivity contribution < 1.29 is 18.7 Å². The maximum atomic E-state index is 12.9. The fourth-order valence-corrected chi connectivity index (χ4v) is 3.27. The number of carbonyl (C=O) groups is 2. The first kappa shape index (κ1) is 17.4. The first-order chi connectivity index (χ1) is 13.1. The van der Waals surface area contributed by atoms with Crippen LogP contribution >= 0.6 is 12.2 Å². The first-order valence-electron chi connectivity index (χ1n) is 8.52. The summed E-state index contributed by atoms with van der Waals surface area (Å²) in [6.45, 7) is 2.75. The molecule has 0 spiro atoms. The van der Waals surface area contributed by atoms with Gasteiger partial charge >= 0.3 is 0 Å². The second-order valence-electron chi connectivity index (χ2n) is 6.07. The van der Waals surface area contributed by atoms with E-state index >= 15 is 0 Å². The number of nitrogens with zero attached hydrogens (tertiary/aromatic N) is 2. The fraction of sp³-hybridized carbons (Fsp3) is 0.211. The van der Waals surface area contributed by atoms with E-state index in [9.17, 15) is 9.59 Å². The Balaban J connectivity index is 1.62.